The van der Waals surface area contributed by atoms with Crippen molar-refractivity contribution in [3.8, 4) is 0 Å². The molecule has 1 saturated heterocycles. The van der Waals surface area contributed by atoms with E-state index in [0.717, 1.165) is 30.8 Å². The monoisotopic (exact) mass is 362 g/mol. The molecule has 0 radical (unpaired) electrons. The molecule has 2 N–H and O–H groups in total. The van der Waals surface area contributed by atoms with E-state index >= 15 is 0 Å². The maximum absolute atomic E-state index is 12.9. The molecule has 6 heteroatoms. The van der Waals surface area contributed by atoms with E-state index in [1.54, 1.807) is 6.20 Å². The molecule has 1 aromatic carbocycles. The summed E-state index contributed by atoms with van der Waals surface area (Å²) in [7, 11) is 0. The number of rotatable bonds is 1. The van der Waals surface area contributed by atoms with Crippen LogP contribution in [0, 0.1) is 18.8 Å². The van der Waals surface area contributed by atoms with Crippen LogP contribution in [-0.4, -0.2) is 40.5 Å². The summed E-state index contributed by atoms with van der Waals surface area (Å²) in [5, 5.41) is 6.82. The molecule has 2 aliphatic heterocycles. The maximum Gasteiger partial charge on any atom is 0.255 e. The fraction of sp³-hybridized carbons (Fsp3) is 0.381. The number of nitrogens with one attached hydrogen (secondary N) is 2. The highest BCUT2D eigenvalue weighted by Crippen LogP contribution is 2.47. The fourth-order valence-electron chi connectivity index (χ4n) is 4.91. The van der Waals surface area contributed by atoms with Gasteiger partial charge in [0.15, 0.2) is 0 Å². The summed E-state index contributed by atoms with van der Waals surface area (Å²) in [6, 6.07) is 11.3. The third-order valence-corrected chi connectivity index (χ3v) is 6.29. The number of benzene rings is 1. The van der Waals surface area contributed by atoms with Gasteiger partial charge in [0, 0.05) is 36.6 Å². The van der Waals surface area contributed by atoms with Gasteiger partial charge in [-0.3, -0.25) is 14.6 Å². The van der Waals surface area contributed by atoms with Crippen molar-refractivity contribution in [2.24, 2.45) is 11.8 Å². The first-order chi connectivity index (χ1) is 13.1. The van der Waals surface area contributed by atoms with Crippen LogP contribution in [-0.2, 0) is 0 Å². The summed E-state index contributed by atoms with van der Waals surface area (Å²) < 4.78 is 0. The minimum Gasteiger partial charge on any atom is -0.362 e. The molecule has 3 heterocycles. The number of carbonyl (C=O) groups excluding carboxylic acids is 2. The number of aryl methyl sites for hydroxylation is 1. The van der Waals surface area contributed by atoms with E-state index in [0.29, 0.717) is 23.6 Å². The van der Waals surface area contributed by atoms with Gasteiger partial charge in [0.1, 0.15) is 5.66 Å². The Labute approximate surface area is 158 Å². The van der Waals surface area contributed by atoms with Crippen LogP contribution in [0.5, 0.6) is 0 Å². The Morgan fingerprint density at radius 2 is 2.04 bits per heavy atom. The van der Waals surface area contributed by atoms with Crippen LogP contribution in [0.2, 0.25) is 0 Å². The largest absolute Gasteiger partial charge is 0.362 e. The van der Waals surface area contributed by atoms with E-state index in [-0.39, 0.29) is 17.7 Å². The minimum atomic E-state index is -0.462. The van der Waals surface area contributed by atoms with Crippen molar-refractivity contribution >= 4 is 17.5 Å². The zero-order valence-corrected chi connectivity index (χ0v) is 15.2. The van der Waals surface area contributed by atoms with Crippen LogP contribution in [0.15, 0.2) is 42.6 Å². The highest BCUT2D eigenvalue weighted by atomic mass is 16.2. The molecular weight excluding hydrogens is 340 g/mol. The predicted molar refractivity (Wildman–Crippen MR) is 101 cm³/mol. The highest BCUT2D eigenvalue weighted by Gasteiger charge is 2.55. The molecule has 0 unspecified atom stereocenters. The number of fused-ring (bicyclic) bond motifs is 3. The number of amides is 2. The average Bonchev–Trinajstić information content (AvgIpc) is 3.23. The van der Waals surface area contributed by atoms with Crippen LogP contribution < -0.4 is 10.6 Å². The second-order valence-electron chi connectivity index (χ2n) is 7.90. The summed E-state index contributed by atoms with van der Waals surface area (Å²) in [6.07, 6.45) is 3.53. The number of para-hydroxylation sites is 1. The number of aromatic nitrogens is 1. The molecule has 1 aliphatic carbocycles. The number of nitrogens with zero attached hydrogens (tertiary/aromatic N) is 2. The Kier molecular flexibility index (Phi) is 3.50. The Morgan fingerprint density at radius 1 is 1.19 bits per heavy atom. The summed E-state index contributed by atoms with van der Waals surface area (Å²) >= 11 is 0. The van der Waals surface area contributed by atoms with Gasteiger partial charge in [0.05, 0.1) is 11.1 Å². The first kappa shape index (κ1) is 16.3. The third kappa shape index (κ3) is 2.51. The topological polar surface area (TPSA) is 74.3 Å². The lowest BCUT2D eigenvalue weighted by atomic mass is 9.89. The van der Waals surface area contributed by atoms with E-state index in [9.17, 15) is 9.59 Å². The molecular formula is C21H22N4O2. The smallest absolute Gasteiger partial charge is 0.255 e. The van der Waals surface area contributed by atoms with Crippen molar-refractivity contribution in [2.75, 3.05) is 18.4 Å². The summed E-state index contributed by atoms with van der Waals surface area (Å²) in [4.78, 5) is 31.7. The lowest BCUT2D eigenvalue weighted by Gasteiger charge is -2.42. The third-order valence-electron chi connectivity index (χ3n) is 6.29. The van der Waals surface area contributed by atoms with Gasteiger partial charge in [-0.25, -0.2) is 0 Å². The normalized spacial score (nSPS) is 28.5. The first-order valence-electron chi connectivity index (χ1n) is 9.47. The van der Waals surface area contributed by atoms with Crippen LogP contribution in [0.25, 0.3) is 0 Å². The Hall–Kier alpha value is -2.89. The van der Waals surface area contributed by atoms with Crippen LogP contribution >= 0.6 is 0 Å². The van der Waals surface area contributed by atoms with Gasteiger partial charge in [0.2, 0.25) is 0 Å². The van der Waals surface area contributed by atoms with Crippen molar-refractivity contribution in [3.05, 3.63) is 59.4 Å². The number of anilines is 1. The van der Waals surface area contributed by atoms with Crippen molar-refractivity contribution in [3.63, 3.8) is 0 Å². The van der Waals surface area contributed by atoms with Crippen LogP contribution in [0.3, 0.4) is 0 Å². The van der Waals surface area contributed by atoms with Crippen LogP contribution in [0.1, 0.15) is 39.3 Å². The SMILES string of the molecule is Cc1ccc(C(=O)N2C[C@H]3CC[C@]4(NC(=O)c5ccccc5N4)[C@H]3C2)cn1. The second kappa shape index (κ2) is 5.81. The minimum absolute atomic E-state index is 0.0228. The van der Waals surface area contributed by atoms with Gasteiger partial charge in [-0.2, -0.15) is 0 Å². The fourth-order valence-corrected chi connectivity index (χ4v) is 4.91. The molecule has 1 spiro atoms. The van der Waals surface area contributed by atoms with Gasteiger partial charge >= 0.3 is 0 Å². The quantitative estimate of drug-likeness (QED) is 0.817. The van der Waals surface area contributed by atoms with Gasteiger partial charge < -0.3 is 15.5 Å². The molecule has 1 saturated carbocycles. The molecule has 138 valence electrons. The van der Waals surface area contributed by atoms with Crippen molar-refractivity contribution < 1.29 is 9.59 Å². The summed E-state index contributed by atoms with van der Waals surface area (Å²) in [6.45, 7) is 3.29. The molecule has 27 heavy (non-hydrogen) atoms. The van der Waals surface area contributed by atoms with Gasteiger partial charge in [-0.05, 0) is 49.9 Å². The predicted octanol–water partition coefficient (Wildman–Crippen LogP) is 2.42. The molecule has 2 fully saturated rings. The molecule has 2 aromatic rings. The molecule has 1 aromatic heterocycles. The molecule has 3 atom stereocenters. The van der Waals surface area contributed by atoms with Gasteiger partial charge in [-0.15, -0.1) is 0 Å². The van der Waals surface area contributed by atoms with E-state index in [1.807, 2.05) is 48.2 Å². The molecule has 3 aliphatic rings. The lowest BCUT2D eigenvalue weighted by molar-refractivity contribution is 0.0767. The summed E-state index contributed by atoms with van der Waals surface area (Å²) in [5.41, 5.74) is 2.63. The van der Waals surface area contributed by atoms with E-state index in [1.165, 1.54) is 0 Å². The Balaban J connectivity index is 1.40. The number of hydrogen-bond donors (Lipinski definition) is 2. The number of carbonyl (C=O) groups is 2. The highest BCUT2D eigenvalue weighted by molar-refractivity contribution is 6.02. The van der Waals surface area contributed by atoms with Crippen LogP contribution in [0.4, 0.5) is 5.69 Å². The standard InChI is InChI=1S/C21H22N4O2/c1-13-6-7-14(10-22-13)20(27)25-11-15-8-9-21(17(15)12-25)23-18-5-3-2-4-16(18)19(26)24-21/h2-7,10,15,17,23H,8-9,11-12H2,1H3,(H,24,26)/t15-,17+,21+/m1/s1. The Morgan fingerprint density at radius 3 is 2.85 bits per heavy atom. The van der Waals surface area contributed by atoms with Crippen molar-refractivity contribution in [1.29, 1.82) is 0 Å². The maximum atomic E-state index is 12.9. The molecule has 6 nitrogen and oxygen atoms in total. The zero-order valence-electron chi connectivity index (χ0n) is 15.2. The molecule has 2 amide bonds. The number of likely N-dealkylation sites (tertiary alicyclic amines) is 1. The number of pyridine rings is 1. The van der Waals surface area contributed by atoms with Crippen molar-refractivity contribution in [2.45, 2.75) is 25.4 Å². The first-order valence-corrected chi connectivity index (χ1v) is 9.47. The van der Waals surface area contributed by atoms with E-state index in [2.05, 4.69) is 15.6 Å². The second-order valence-corrected chi connectivity index (χ2v) is 7.90. The number of hydrogen-bond acceptors (Lipinski definition) is 4. The van der Waals surface area contributed by atoms with Gasteiger partial charge in [-0.1, -0.05) is 12.1 Å². The molecule has 5 rings (SSSR count). The zero-order chi connectivity index (χ0) is 18.6. The average molecular weight is 362 g/mol. The van der Waals surface area contributed by atoms with Gasteiger partial charge in [0.25, 0.3) is 11.8 Å². The molecule has 0 bridgehead atoms. The summed E-state index contributed by atoms with van der Waals surface area (Å²) in [5.74, 6) is 0.592. The lowest BCUT2D eigenvalue weighted by Crippen LogP contribution is -2.61. The van der Waals surface area contributed by atoms with E-state index in [4.69, 9.17) is 0 Å². The van der Waals surface area contributed by atoms with Crippen molar-refractivity contribution in [1.82, 2.24) is 15.2 Å². The van der Waals surface area contributed by atoms with E-state index < -0.39 is 5.66 Å². The Bertz CT molecular complexity index is 926.